The van der Waals surface area contributed by atoms with E-state index in [9.17, 15) is 13.6 Å². The number of carbonyl (C=O) groups excluding carboxylic acids is 1. The molecule has 0 saturated carbocycles. The molecule has 0 atom stereocenters. The van der Waals surface area contributed by atoms with Crippen molar-refractivity contribution in [1.82, 2.24) is 10.2 Å². The molecule has 5 nitrogen and oxygen atoms in total. The Bertz CT molecular complexity index is 615. The van der Waals surface area contributed by atoms with Gasteiger partial charge in [-0.2, -0.15) is 0 Å². The van der Waals surface area contributed by atoms with Crippen LogP contribution < -0.4 is 10.6 Å². The van der Waals surface area contributed by atoms with Gasteiger partial charge in [0.1, 0.15) is 17.3 Å². The van der Waals surface area contributed by atoms with Crippen LogP contribution in [0, 0.1) is 11.6 Å². The number of carbonyl (C=O) groups is 1. The van der Waals surface area contributed by atoms with Crippen molar-refractivity contribution in [2.45, 2.75) is 11.3 Å². The van der Waals surface area contributed by atoms with Gasteiger partial charge < -0.3 is 10.6 Å². The highest BCUT2D eigenvalue weighted by Crippen LogP contribution is 2.25. The summed E-state index contributed by atoms with van der Waals surface area (Å²) in [6.07, 6.45) is 0. The van der Waals surface area contributed by atoms with E-state index in [0.29, 0.717) is 9.47 Å². The van der Waals surface area contributed by atoms with Crippen molar-refractivity contribution in [2.75, 3.05) is 22.9 Å². The van der Waals surface area contributed by atoms with Crippen LogP contribution >= 0.6 is 23.1 Å². The van der Waals surface area contributed by atoms with E-state index in [2.05, 4.69) is 20.8 Å². The summed E-state index contributed by atoms with van der Waals surface area (Å²) in [7, 11) is 0. The van der Waals surface area contributed by atoms with Crippen molar-refractivity contribution < 1.29 is 13.6 Å². The van der Waals surface area contributed by atoms with Gasteiger partial charge in [0, 0.05) is 6.54 Å². The number of para-hydroxylation sites is 1. The number of hydrogen-bond donors (Lipinski definition) is 2. The van der Waals surface area contributed by atoms with Gasteiger partial charge in [0.2, 0.25) is 11.0 Å². The summed E-state index contributed by atoms with van der Waals surface area (Å²) in [6.45, 7) is 2.66. The molecule has 21 heavy (non-hydrogen) atoms. The van der Waals surface area contributed by atoms with E-state index in [1.807, 2.05) is 6.92 Å². The summed E-state index contributed by atoms with van der Waals surface area (Å²) in [6, 6.07) is 3.40. The molecule has 0 aliphatic heterocycles. The third kappa shape index (κ3) is 4.36. The number of hydrogen-bond acceptors (Lipinski definition) is 6. The van der Waals surface area contributed by atoms with Crippen molar-refractivity contribution in [2.24, 2.45) is 0 Å². The SMILES string of the molecule is CCNc1nnc(SCC(=O)Nc2c(F)cccc2F)s1. The molecule has 0 saturated heterocycles. The summed E-state index contributed by atoms with van der Waals surface area (Å²) < 4.78 is 27.4. The Kier molecular flexibility index (Phi) is 5.45. The van der Waals surface area contributed by atoms with Crippen LogP contribution in [0.1, 0.15) is 6.92 Å². The molecule has 1 amide bonds. The first-order valence-corrected chi connectivity index (χ1v) is 7.84. The highest BCUT2D eigenvalue weighted by molar-refractivity contribution is 8.01. The van der Waals surface area contributed by atoms with Crippen LogP contribution in [0.2, 0.25) is 0 Å². The van der Waals surface area contributed by atoms with Crippen LogP contribution in [0.5, 0.6) is 0 Å². The van der Waals surface area contributed by atoms with Gasteiger partial charge in [-0.15, -0.1) is 10.2 Å². The van der Waals surface area contributed by atoms with E-state index in [1.165, 1.54) is 17.4 Å². The van der Waals surface area contributed by atoms with E-state index in [1.54, 1.807) is 0 Å². The maximum Gasteiger partial charge on any atom is 0.234 e. The number of thioether (sulfide) groups is 1. The van der Waals surface area contributed by atoms with Crippen molar-refractivity contribution in [3.8, 4) is 0 Å². The molecule has 0 unspecified atom stereocenters. The lowest BCUT2D eigenvalue weighted by molar-refractivity contribution is -0.113. The van der Waals surface area contributed by atoms with Crippen LogP contribution in [0.15, 0.2) is 22.5 Å². The van der Waals surface area contributed by atoms with Gasteiger partial charge in [0.15, 0.2) is 4.34 Å². The van der Waals surface area contributed by atoms with Crippen LogP contribution in [0.4, 0.5) is 19.6 Å². The Morgan fingerprint density at radius 2 is 2.05 bits per heavy atom. The number of nitrogens with zero attached hydrogens (tertiary/aromatic N) is 2. The molecule has 1 aromatic carbocycles. The number of nitrogens with one attached hydrogen (secondary N) is 2. The number of anilines is 2. The van der Waals surface area contributed by atoms with E-state index < -0.39 is 23.2 Å². The Morgan fingerprint density at radius 1 is 1.33 bits per heavy atom. The second-order valence-corrected chi connectivity index (χ2v) is 6.04. The molecule has 112 valence electrons. The lowest BCUT2D eigenvalue weighted by atomic mass is 10.3. The Morgan fingerprint density at radius 3 is 2.71 bits per heavy atom. The maximum absolute atomic E-state index is 13.4. The fourth-order valence-corrected chi connectivity index (χ4v) is 3.03. The summed E-state index contributed by atoms with van der Waals surface area (Å²) in [5.41, 5.74) is -0.436. The van der Waals surface area contributed by atoms with Crippen LogP contribution in [-0.4, -0.2) is 28.4 Å². The highest BCUT2D eigenvalue weighted by Gasteiger charge is 2.13. The zero-order valence-corrected chi connectivity index (χ0v) is 12.7. The average Bonchev–Trinajstić information content (AvgIpc) is 2.89. The first-order valence-electron chi connectivity index (χ1n) is 6.04. The zero-order valence-electron chi connectivity index (χ0n) is 11.0. The topological polar surface area (TPSA) is 66.9 Å². The second kappa shape index (κ2) is 7.32. The molecule has 2 aromatic rings. The first-order chi connectivity index (χ1) is 10.1. The van der Waals surface area contributed by atoms with Crippen molar-refractivity contribution in [1.29, 1.82) is 0 Å². The summed E-state index contributed by atoms with van der Waals surface area (Å²) in [5.74, 6) is -2.13. The molecule has 0 fully saturated rings. The lowest BCUT2D eigenvalue weighted by Crippen LogP contribution is -2.16. The second-order valence-electron chi connectivity index (χ2n) is 3.84. The van der Waals surface area contributed by atoms with Crippen LogP contribution in [-0.2, 0) is 4.79 Å². The highest BCUT2D eigenvalue weighted by atomic mass is 32.2. The number of aromatic nitrogens is 2. The Labute approximate surface area is 128 Å². The van der Waals surface area contributed by atoms with Gasteiger partial charge in [-0.3, -0.25) is 4.79 Å². The quantitative estimate of drug-likeness (QED) is 0.797. The van der Waals surface area contributed by atoms with Crippen molar-refractivity contribution in [3.05, 3.63) is 29.8 Å². The standard InChI is InChI=1S/C12H12F2N4OS2/c1-2-15-11-17-18-12(21-11)20-6-9(19)16-10-7(13)4-3-5-8(10)14/h3-5H,2,6H2,1H3,(H,15,17)(H,16,19). The first kappa shape index (κ1) is 15.6. The van der Waals surface area contributed by atoms with Gasteiger partial charge in [0.05, 0.1) is 5.75 Å². The molecule has 1 aromatic heterocycles. The molecular formula is C12H12F2N4OS2. The van der Waals surface area contributed by atoms with Gasteiger partial charge >= 0.3 is 0 Å². The van der Waals surface area contributed by atoms with E-state index in [-0.39, 0.29) is 5.75 Å². The fourth-order valence-electron chi connectivity index (χ4n) is 1.41. The van der Waals surface area contributed by atoms with E-state index >= 15 is 0 Å². The van der Waals surface area contributed by atoms with Gasteiger partial charge in [-0.1, -0.05) is 29.2 Å². The molecule has 0 bridgehead atoms. The lowest BCUT2D eigenvalue weighted by Gasteiger charge is -2.06. The molecule has 2 N–H and O–H groups in total. The zero-order chi connectivity index (χ0) is 15.2. The van der Waals surface area contributed by atoms with E-state index in [0.717, 1.165) is 30.4 Å². The monoisotopic (exact) mass is 330 g/mol. The predicted molar refractivity (Wildman–Crippen MR) is 79.8 cm³/mol. The number of rotatable bonds is 6. The third-order valence-corrected chi connectivity index (χ3v) is 4.30. The fraction of sp³-hybridized carbons (Fsp3) is 0.250. The summed E-state index contributed by atoms with van der Waals surface area (Å²) in [5, 5.41) is 13.7. The third-order valence-electron chi connectivity index (χ3n) is 2.29. The molecule has 0 aliphatic carbocycles. The molecule has 2 rings (SSSR count). The van der Waals surface area contributed by atoms with Crippen molar-refractivity contribution in [3.63, 3.8) is 0 Å². The smallest absolute Gasteiger partial charge is 0.234 e. The molecule has 0 aliphatic rings. The van der Waals surface area contributed by atoms with Crippen molar-refractivity contribution >= 4 is 39.8 Å². The van der Waals surface area contributed by atoms with Crippen LogP contribution in [0.3, 0.4) is 0 Å². The summed E-state index contributed by atoms with van der Waals surface area (Å²) in [4.78, 5) is 11.7. The van der Waals surface area contributed by atoms with E-state index in [4.69, 9.17) is 0 Å². The number of amides is 1. The molecule has 0 radical (unpaired) electrons. The summed E-state index contributed by atoms with van der Waals surface area (Å²) >= 11 is 2.47. The molecule has 9 heteroatoms. The van der Waals surface area contributed by atoms with Gasteiger partial charge in [-0.25, -0.2) is 8.78 Å². The number of benzene rings is 1. The Hall–Kier alpha value is -1.74. The molecule has 1 heterocycles. The minimum absolute atomic E-state index is 0.00542. The Balaban J connectivity index is 1.90. The van der Waals surface area contributed by atoms with Gasteiger partial charge in [-0.05, 0) is 19.1 Å². The largest absolute Gasteiger partial charge is 0.360 e. The number of halogens is 2. The van der Waals surface area contributed by atoms with Gasteiger partial charge in [0.25, 0.3) is 0 Å². The molecule has 0 spiro atoms. The maximum atomic E-state index is 13.4. The molecular weight excluding hydrogens is 318 g/mol. The van der Waals surface area contributed by atoms with Crippen LogP contribution in [0.25, 0.3) is 0 Å². The predicted octanol–water partition coefficient (Wildman–Crippen LogP) is 2.98. The minimum atomic E-state index is -0.807. The average molecular weight is 330 g/mol. The normalized spacial score (nSPS) is 10.4. The minimum Gasteiger partial charge on any atom is -0.360 e.